The van der Waals surface area contributed by atoms with Crippen LogP contribution in [0.2, 0.25) is 0 Å². The molecule has 7 heteroatoms. The van der Waals surface area contributed by atoms with Gasteiger partial charge in [0.1, 0.15) is 17.6 Å². The molecular weight excluding hydrogens is 298 g/mol. The molecule has 1 amide bonds. The Bertz CT molecular complexity index is 713. The van der Waals surface area contributed by atoms with E-state index in [0.29, 0.717) is 36.2 Å². The van der Waals surface area contributed by atoms with Crippen LogP contribution in [0, 0.1) is 13.8 Å². The number of furan rings is 1. The minimum Gasteiger partial charge on any atom is -0.477 e. The molecule has 2 aromatic heterocycles. The van der Waals surface area contributed by atoms with Crippen molar-refractivity contribution in [2.45, 2.75) is 26.4 Å². The van der Waals surface area contributed by atoms with Crippen molar-refractivity contribution in [2.75, 3.05) is 20.2 Å². The Kier molecular flexibility index (Phi) is 4.18. The van der Waals surface area contributed by atoms with Crippen molar-refractivity contribution >= 4 is 5.91 Å². The van der Waals surface area contributed by atoms with Gasteiger partial charge in [0.05, 0.1) is 19.2 Å². The highest BCUT2D eigenvalue weighted by Gasteiger charge is 2.30. The van der Waals surface area contributed by atoms with Gasteiger partial charge in [-0.05, 0) is 19.9 Å². The first-order chi connectivity index (χ1) is 11.1. The van der Waals surface area contributed by atoms with Gasteiger partial charge in [0.2, 0.25) is 0 Å². The lowest BCUT2D eigenvalue weighted by Gasteiger charge is -2.17. The van der Waals surface area contributed by atoms with E-state index in [4.69, 9.17) is 13.9 Å². The second-order valence-electron chi connectivity index (χ2n) is 5.48. The first kappa shape index (κ1) is 15.3. The fourth-order valence-corrected chi connectivity index (χ4v) is 2.71. The smallest absolute Gasteiger partial charge is 0.278 e. The third-order valence-corrected chi connectivity index (χ3v) is 3.81. The van der Waals surface area contributed by atoms with Crippen molar-refractivity contribution in [3.8, 4) is 11.8 Å². The molecule has 23 heavy (non-hydrogen) atoms. The minimum atomic E-state index is -0.127. The van der Waals surface area contributed by atoms with Gasteiger partial charge < -0.3 is 18.8 Å². The molecule has 1 atom stereocenters. The number of carbonyl (C=O) groups is 1. The SMILES string of the molecule is COc1nccnc1O[C@H]1CCN(C(=O)c2cc(C)oc2C)C1. The van der Waals surface area contributed by atoms with E-state index in [1.54, 1.807) is 30.3 Å². The summed E-state index contributed by atoms with van der Waals surface area (Å²) in [4.78, 5) is 22.5. The van der Waals surface area contributed by atoms with Crippen LogP contribution in [-0.4, -0.2) is 47.1 Å². The zero-order chi connectivity index (χ0) is 16.4. The molecule has 122 valence electrons. The largest absolute Gasteiger partial charge is 0.477 e. The second-order valence-corrected chi connectivity index (χ2v) is 5.48. The Morgan fingerprint density at radius 1 is 1.30 bits per heavy atom. The van der Waals surface area contributed by atoms with Crippen LogP contribution in [0.25, 0.3) is 0 Å². The predicted octanol–water partition coefficient (Wildman–Crippen LogP) is 1.99. The van der Waals surface area contributed by atoms with Gasteiger partial charge in [0.25, 0.3) is 17.7 Å². The Morgan fingerprint density at radius 3 is 2.70 bits per heavy atom. The number of ether oxygens (including phenoxy) is 2. The molecule has 3 rings (SSSR count). The number of carbonyl (C=O) groups excluding carboxylic acids is 1. The Hall–Kier alpha value is -2.57. The Labute approximate surface area is 134 Å². The molecule has 1 aliphatic rings. The van der Waals surface area contributed by atoms with E-state index >= 15 is 0 Å². The molecular formula is C16H19N3O4. The van der Waals surface area contributed by atoms with Crippen molar-refractivity contribution in [3.05, 3.63) is 35.5 Å². The topological polar surface area (TPSA) is 77.7 Å². The molecule has 0 aliphatic carbocycles. The maximum Gasteiger partial charge on any atom is 0.278 e. The van der Waals surface area contributed by atoms with Gasteiger partial charge in [-0.2, -0.15) is 0 Å². The number of amides is 1. The van der Waals surface area contributed by atoms with Crippen LogP contribution in [0.1, 0.15) is 28.3 Å². The molecule has 0 radical (unpaired) electrons. The number of hydrogen-bond donors (Lipinski definition) is 0. The van der Waals surface area contributed by atoms with E-state index in [2.05, 4.69) is 9.97 Å². The summed E-state index contributed by atoms with van der Waals surface area (Å²) < 4.78 is 16.4. The summed E-state index contributed by atoms with van der Waals surface area (Å²) in [6, 6.07) is 1.78. The maximum absolute atomic E-state index is 12.6. The molecule has 1 fully saturated rings. The second kappa shape index (κ2) is 6.28. The summed E-state index contributed by atoms with van der Waals surface area (Å²) >= 11 is 0. The first-order valence-electron chi connectivity index (χ1n) is 7.46. The average molecular weight is 317 g/mol. The van der Waals surface area contributed by atoms with Gasteiger partial charge in [-0.3, -0.25) is 4.79 Å². The van der Waals surface area contributed by atoms with Gasteiger partial charge >= 0.3 is 0 Å². The van der Waals surface area contributed by atoms with Gasteiger partial charge in [0.15, 0.2) is 0 Å². The van der Waals surface area contributed by atoms with Crippen molar-refractivity contribution < 1.29 is 18.7 Å². The Morgan fingerprint density at radius 2 is 2.04 bits per heavy atom. The van der Waals surface area contributed by atoms with Gasteiger partial charge in [0, 0.05) is 25.4 Å². The highest BCUT2D eigenvalue weighted by Crippen LogP contribution is 2.25. The predicted molar refractivity (Wildman–Crippen MR) is 81.7 cm³/mol. The molecule has 0 N–H and O–H groups in total. The molecule has 0 unspecified atom stereocenters. The van der Waals surface area contributed by atoms with Crippen LogP contribution in [0.15, 0.2) is 22.9 Å². The van der Waals surface area contributed by atoms with Crippen LogP contribution >= 0.6 is 0 Å². The number of methoxy groups -OCH3 is 1. The number of aryl methyl sites for hydroxylation is 2. The van der Waals surface area contributed by atoms with E-state index in [-0.39, 0.29) is 12.0 Å². The molecule has 1 saturated heterocycles. The summed E-state index contributed by atoms with van der Waals surface area (Å²) in [6.07, 6.45) is 3.70. The Balaban J connectivity index is 1.66. The maximum atomic E-state index is 12.6. The number of nitrogens with zero attached hydrogens (tertiary/aromatic N) is 3. The number of hydrogen-bond acceptors (Lipinski definition) is 6. The lowest BCUT2D eigenvalue weighted by atomic mass is 10.2. The highest BCUT2D eigenvalue weighted by atomic mass is 16.5. The van der Waals surface area contributed by atoms with Crippen LogP contribution < -0.4 is 9.47 Å². The zero-order valence-corrected chi connectivity index (χ0v) is 13.4. The van der Waals surface area contributed by atoms with E-state index in [1.807, 2.05) is 6.92 Å². The number of rotatable bonds is 4. The third-order valence-electron chi connectivity index (χ3n) is 3.81. The quantitative estimate of drug-likeness (QED) is 0.858. The molecule has 2 aromatic rings. The molecule has 0 spiro atoms. The van der Waals surface area contributed by atoms with Gasteiger partial charge in [-0.1, -0.05) is 0 Å². The summed E-state index contributed by atoms with van der Waals surface area (Å²) in [6.45, 7) is 4.77. The van der Waals surface area contributed by atoms with E-state index < -0.39 is 0 Å². The molecule has 1 aliphatic heterocycles. The lowest BCUT2D eigenvalue weighted by Crippen LogP contribution is -2.31. The van der Waals surface area contributed by atoms with Crippen molar-refractivity contribution in [3.63, 3.8) is 0 Å². The molecule has 0 saturated carbocycles. The van der Waals surface area contributed by atoms with Crippen LogP contribution in [0.3, 0.4) is 0 Å². The number of likely N-dealkylation sites (tertiary alicyclic amines) is 1. The number of aromatic nitrogens is 2. The van der Waals surface area contributed by atoms with Gasteiger partial charge in [-0.25, -0.2) is 9.97 Å². The molecule has 7 nitrogen and oxygen atoms in total. The van der Waals surface area contributed by atoms with Crippen LogP contribution in [-0.2, 0) is 0 Å². The monoisotopic (exact) mass is 317 g/mol. The summed E-state index contributed by atoms with van der Waals surface area (Å²) in [5.74, 6) is 2.05. The first-order valence-corrected chi connectivity index (χ1v) is 7.46. The lowest BCUT2D eigenvalue weighted by molar-refractivity contribution is 0.0768. The summed E-state index contributed by atoms with van der Waals surface area (Å²) in [5, 5.41) is 0. The third kappa shape index (κ3) is 3.13. The standard InChI is InChI=1S/C16H19N3O4/c1-10-8-13(11(2)22-10)16(20)19-7-4-12(9-19)23-15-14(21-3)17-5-6-18-15/h5-6,8,12H,4,7,9H2,1-3H3/t12-/m0/s1. The molecule has 3 heterocycles. The van der Waals surface area contributed by atoms with Crippen LogP contribution in [0.5, 0.6) is 11.8 Å². The van der Waals surface area contributed by atoms with Crippen molar-refractivity contribution in [2.24, 2.45) is 0 Å². The van der Waals surface area contributed by atoms with E-state index in [0.717, 1.165) is 12.2 Å². The van der Waals surface area contributed by atoms with Crippen LogP contribution in [0.4, 0.5) is 0 Å². The normalized spacial score (nSPS) is 17.3. The zero-order valence-electron chi connectivity index (χ0n) is 13.4. The van der Waals surface area contributed by atoms with Crippen molar-refractivity contribution in [1.29, 1.82) is 0 Å². The molecule has 0 aromatic carbocycles. The minimum absolute atomic E-state index is 0.0310. The summed E-state index contributed by atoms with van der Waals surface area (Å²) in [5.41, 5.74) is 0.611. The highest BCUT2D eigenvalue weighted by molar-refractivity contribution is 5.95. The van der Waals surface area contributed by atoms with Crippen molar-refractivity contribution in [1.82, 2.24) is 14.9 Å². The van der Waals surface area contributed by atoms with E-state index in [1.165, 1.54) is 7.11 Å². The molecule has 0 bridgehead atoms. The van der Waals surface area contributed by atoms with E-state index in [9.17, 15) is 4.79 Å². The fourth-order valence-electron chi connectivity index (χ4n) is 2.71. The van der Waals surface area contributed by atoms with Gasteiger partial charge in [-0.15, -0.1) is 0 Å². The average Bonchev–Trinajstić information content (AvgIpc) is 3.13. The fraction of sp³-hybridized carbons (Fsp3) is 0.438. The summed E-state index contributed by atoms with van der Waals surface area (Å²) in [7, 11) is 1.52.